The topological polar surface area (TPSA) is 57.6 Å². The van der Waals surface area contributed by atoms with Crippen molar-refractivity contribution in [1.29, 1.82) is 0 Å². The predicted octanol–water partition coefficient (Wildman–Crippen LogP) is 2.96. The smallest absolute Gasteiger partial charge is 0.416 e. The number of amides is 1. The molecule has 1 amide bonds. The van der Waals surface area contributed by atoms with Gasteiger partial charge in [-0.25, -0.2) is 4.79 Å². The van der Waals surface area contributed by atoms with Crippen molar-refractivity contribution in [2.45, 2.75) is 38.4 Å². The third-order valence-corrected chi connectivity index (χ3v) is 4.07. The zero-order valence-corrected chi connectivity index (χ0v) is 12.6. The van der Waals surface area contributed by atoms with Gasteiger partial charge in [-0.2, -0.15) is 13.2 Å². The van der Waals surface area contributed by atoms with Crippen molar-refractivity contribution in [2.24, 2.45) is 5.92 Å². The van der Waals surface area contributed by atoms with Gasteiger partial charge in [0.25, 0.3) is 0 Å². The Morgan fingerprint density at radius 1 is 1.30 bits per heavy atom. The number of hydrogen-bond acceptors (Lipinski definition) is 2. The van der Waals surface area contributed by atoms with E-state index in [1.807, 2.05) is 0 Å². The van der Waals surface area contributed by atoms with Gasteiger partial charge in [0.2, 0.25) is 5.91 Å². The van der Waals surface area contributed by atoms with E-state index >= 15 is 0 Å². The summed E-state index contributed by atoms with van der Waals surface area (Å²) in [5, 5.41) is 9.11. The molecule has 1 saturated heterocycles. The number of rotatable bonds is 4. The largest absolute Gasteiger partial charge is 0.480 e. The first-order valence-electron chi connectivity index (χ1n) is 7.39. The van der Waals surface area contributed by atoms with E-state index in [1.54, 1.807) is 6.92 Å². The third-order valence-electron chi connectivity index (χ3n) is 4.07. The highest BCUT2D eigenvalue weighted by Gasteiger charge is 2.36. The van der Waals surface area contributed by atoms with Crippen molar-refractivity contribution in [3.63, 3.8) is 0 Å². The molecule has 4 nitrogen and oxygen atoms in total. The van der Waals surface area contributed by atoms with Gasteiger partial charge in [0.15, 0.2) is 0 Å². The average molecular weight is 329 g/mol. The molecule has 126 valence electrons. The highest BCUT2D eigenvalue weighted by atomic mass is 19.4. The first-order valence-corrected chi connectivity index (χ1v) is 7.39. The normalized spacial score (nSPS) is 19.7. The summed E-state index contributed by atoms with van der Waals surface area (Å²) in [4.78, 5) is 24.9. The molecule has 23 heavy (non-hydrogen) atoms. The minimum Gasteiger partial charge on any atom is -0.480 e. The fourth-order valence-electron chi connectivity index (χ4n) is 2.84. The Balaban J connectivity index is 2.02. The van der Waals surface area contributed by atoms with E-state index < -0.39 is 29.7 Å². The minimum absolute atomic E-state index is 0.269. The third kappa shape index (κ3) is 4.03. The second-order valence-electron chi connectivity index (χ2n) is 5.83. The van der Waals surface area contributed by atoms with Gasteiger partial charge in [-0.1, -0.05) is 19.1 Å². The van der Waals surface area contributed by atoms with E-state index in [2.05, 4.69) is 0 Å². The molecule has 1 aliphatic heterocycles. The van der Waals surface area contributed by atoms with Gasteiger partial charge in [-0.3, -0.25) is 4.79 Å². The standard InChI is InChI=1S/C16H18F3NO3/c1-10(14(21)20-8-2-3-13(20)15(22)23)9-11-4-6-12(7-5-11)16(17,18)19/h4-7,10,13H,2-3,8-9H2,1H3,(H,22,23). The summed E-state index contributed by atoms with van der Waals surface area (Å²) in [6.07, 6.45) is -3.02. The lowest BCUT2D eigenvalue weighted by Gasteiger charge is -2.25. The highest BCUT2D eigenvalue weighted by molar-refractivity contribution is 5.85. The van der Waals surface area contributed by atoms with Crippen LogP contribution in [-0.4, -0.2) is 34.5 Å². The summed E-state index contributed by atoms with van der Waals surface area (Å²) in [5.41, 5.74) is -0.115. The first-order chi connectivity index (χ1) is 10.7. The molecule has 2 rings (SSSR count). The van der Waals surface area contributed by atoms with E-state index in [4.69, 9.17) is 5.11 Å². The lowest BCUT2D eigenvalue weighted by Crippen LogP contribution is -2.43. The molecule has 7 heteroatoms. The number of alkyl halides is 3. The minimum atomic E-state index is -4.38. The van der Waals surface area contributed by atoms with E-state index in [-0.39, 0.29) is 12.3 Å². The van der Waals surface area contributed by atoms with Gasteiger partial charge in [0.05, 0.1) is 5.56 Å². The number of carbonyl (C=O) groups excluding carboxylic acids is 1. The summed E-state index contributed by atoms with van der Waals surface area (Å²) in [5.74, 6) is -1.76. The molecular formula is C16H18F3NO3. The van der Waals surface area contributed by atoms with Crippen LogP contribution in [0.4, 0.5) is 13.2 Å². The maximum Gasteiger partial charge on any atom is 0.416 e. The van der Waals surface area contributed by atoms with Crippen LogP contribution in [0.3, 0.4) is 0 Å². The van der Waals surface area contributed by atoms with Gasteiger partial charge >= 0.3 is 12.1 Å². The van der Waals surface area contributed by atoms with E-state index in [9.17, 15) is 22.8 Å². The summed E-state index contributed by atoms with van der Waals surface area (Å²) in [6.45, 7) is 2.07. The Kier molecular flexibility index (Phi) is 4.97. The molecule has 0 aliphatic carbocycles. The molecule has 0 radical (unpaired) electrons. The zero-order chi connectivity index (χ0) is 17.2. The zero-order valence-electron chi connectivity index (χ0n) is 12.6. The van der Waals surface area contributed by atoms with Crippen LogP contribution < -0.4 is 0 Å². The predicted molar refractivity (Wildman–Crippen MR) is 76.7 cm³/mol. The molecular weight excluding hydrogens is 311 g/mol. The van der Waals surface area contributed by atoms with Crippen molar-refractivity contribution >= 4 is 11.9 Å². The molecule has 1 aliphatic rings. The van der Waals surface area contributed by atoms with E-state index in [1.165, 1.54) is 17.0 Å². The lowest BCUT2D eigenvalue weighted by molar-refractivity contribution is -0.149. The quantitative estimate of drug-likeness (QED) is 0.924. The number of carboxylic acids is 1. The fourth-order valence-corrected chi connectivity index (χ4v) is 2.84. The maximum atomic E-state index is 12.5. The van der Waals surface area contributed by atoms with Gasteiger partial charge in [-0.15, -0.1) is 0 Å². The Morgan fingerprint density at radius 2 is 1.91 bits per heavy atom. The van der Waals surface area contributed by atoms with Crippen LogP contribution in [0.5, 0.6) is 0 Å². The number of hydrogen-bond donors (Lipinski definition) is 1. The van der Waals surface area contributed by atoms with Crippen LogP contribution in [0.2, 0.25) is 0 Å². The van der Waals surface area contributed by atoms with Gasteiger partial charge in [0.1, 0.15) is 6.04 Å². The van der Waals surface area contributed by atoms with Crippen LogP contribution in [0.25, 0.3) is 0 Å². The second-order valence-corrected chi connectivity index (χ2v) is 5.83. The van der Waals surface area contributed by atoms with E-state index in [0.717, 1.165) is 12.1 Å². The number of benzene rings is 1. The SMILES string of the molecule is CC(Cc1ccc(C(F)(F)F)cc1)C(=O)N1CCCC1C(=O)O. The lowest BCUT2D eigenvalue weighted by atomic mass is 9.98. The summed E-state index contributed by atoms with van der Waals surface area (Å²) in [7, 11) is 0. The van der Waals surface area contributed by atoms with Gasteiger partial charge in [-0.05, 0) is 37.0 Å². The van der Waals surface area contributed by atoms with Crippen LogP contribution in [0.15, 0.2) is 24.3 Å². The molecule has 0 bridgehead atoms. The van der Waals surface area contributed by atoms with Crippen LogP contribution in [-0.2, 0) is 22.2 Å². The Labute approximate surface area is 131 Å². The highest BCUT2D eigenvalue weighted by Crippen LogP contribution is 2.29. The molecule has 0 saturated carbocycles. The van der Waals surface area contributed by atoms with Crippen molar-refractivity contribution in [3.8, 4) is 0 Å². The van der Waals surface area contributed by atoms with Crippen molar-refractivity contribution in [2.75, 3.05) is 6.54 Å². The molecule has 0 spiro atoms. The Morgan fingerprint density at radius 3 is 2.43 bits per heavy atom. The molecule has 1 aromatic rings. The number of carboxylic acid groups (broad SMARTS) is 1. The number of likely N-dealkylation sites (tertiary alicyclic amines) is 1. The molecule has 0 aromatic heterocycles. The van der Waals surface area contributed by atoms with Crippen molar-refractivity contribution in [3.05, 3.63) is 35.4 Å². The summed E-state index contributed by atoms with van der Waals surface area (Å²) in [6, 6.07) is 3.89. The maximum absolute atomic E-state index is 12.5. The Bertz CT molecular complexity index is 583. The molecule has 2 unspecified atom stereocenters. The van der Waals surface area contributed by atoms with E-state index in [0.29, 0.717) is 24.9 Å². The molecule has 1 heterocycles. The fraction of sp³-hybridized carbons (Fsp3) is 0.500. The number of nitrogens with zero attached hydrogens (tertiary/aromatic N) is 1. The molecule has 1 N–H and O–H groups in total. The monoisotopic (exact) mass is 329 g/mol. The van der Waals surface area contributed by atoms with Crippen LogP contribution in [0.1, 0.15) is 30.9 Å². The van der Waals surface area contributed by atoms with Crippen molar-refractivity contribution < 1.29 is 27.9 Å². The van der Waals surface area contributed by atoms with Crippen LogP contribution in [0, 0.1) is 5.92 Å². The number of carbonyl (C=O) groups is 2. The van der Waals surface area contributed by atoms with Gasteiger partial charge in [0, 0.05) is 12.5 Å². The van der Waals surface area contributed by atoms with Gasteiger partial charge < -0.3 is 10.0 Å². The average Bonchev–Trinajstić information content (AvgIpc) is 2.95. The molecule has 2 atom stereocenters. The Hall–Kier alpha value is -2.05. The first kappa shape index (κ1) is 17.3. The number of aliphatic carboxylic acids is 1. The van der Waals surface area contributed by atoms with Crippen LogP contribution >= 0.6 is 0 Å². The number of halogens is 3. The second kappa shape index (κ2) is 6.60. The molecule has 1 fully saturated rings. The summed E-state index contributed by atoms with van der Waals surface area (Å²) >= 11 is 0. The molecule has 1 aromatic carbocycles. The van der Waals surface area contributed by atoms with Crippen molar-refractivity contribution in [1.82, 2.24) is 4.90 Å². The summed E-state index contributed by atoms with van der Waals surface area (Å²) < 4.78 is 37.6.